The minimum Gasteiger partial charge on any atom is -0.461 e. The summed E-state index contributed by atoms with van der Waals surface area (Å²) in [4.78, 5) is 16.7. The Hall–Kier alpha value is -1.14. The van der Waals surface area contributed by atoms with Gasteiger partial charge in [-0.25, -0.2) is 4.79 Å². The lowest BCUT2D eigenvalue weighted by molar-refractivity contribution is -0.136. The number of hydrogen-bond acceptors (Lipinski definition) is 6. The van der Waals surface area contributed by atoms with Crippen molar-refractivity contribution in [3.8, 4) is 0 Å². The van der Waals surface area contributed by atoms with Crippen LogP contribution in [0.5, 0.6) is 0 Å². The van der Waals surface area contributed by atoms with Crippen LogP contribution < -0.4 is 0 Å². The van der Waals surface area contributed by atoms with Gasteiger partial charge in [-0.3, -0.25) is 0 Å². The molecule has 2 aliphatic rings. The minimum absolute atomic E-state index is 0.234. The first-order valence-electron chi connectivity index (χ1n) is 5.38. The molecule has 0 aliphatic carbocycles. The summed E-state index contributed by atoms with van der Waals surface area (Å²) in [7, 11) is 0. The smallest absolute Gasteiger partial charge is 0.356 e. The molecule has 2 unspecified atom stereocenters. The predicted octanol–water partition coefficient (Wildman–Crippen LogP) is 0.313. The normalized spacial score (nSPS) is 30.0. The summed E-state index contributed by atoms with van der Waals surface area (Å²) < 4.78 is 15.7. The van der Waals surface area contributed by atoms with Crippen molar-refractivity contribution >= 4 is 11.7 Å². The molecule has 2 rings (SSSR count). The van der Waals surface area contributed by atoms with E-state index in [2.05, 4.69) is 5.16 Å². The standard InChI is InChI=1S/C10H15NO5/c1-3-13-9(12)8-7(6(2)16-11-8)10-14-4-5-15-10/h6-7,10H,3-5H2,1-2H3. The highest BCUT2D eigenvalue weighted by atomic mass is 16.7. The molecule has 1 saturated heterocycles. The van der Waals surface area contributed by atoms with E-state index in [1.165, 1.54) is 0 Å². The van der Waals surface area contributed by atoms with E-state index >= 15 is 0 Å². The molecule has 16 heavy (non-hydrogen) atoms. The molecule has 2 heterocycles. The highest BCUT2D eigenvalue weighted by Gasteiger charge is 2.44. The Morgan fingerprint density at radius 3 is 2.81 bits per heavy atom. The first kappa shape index (κ1) is 11.3. The minimum atomic E-state index is -0.462. The molecule has 1 fully saturated rings. The fourth-order valence-electron chi connectivity index (χ4n) is 1.80. The van der Waals surface area contributed by atoms with E-state index in [0.29, 0.717) is 19.8 Å². The molecule has 0 N–H and O–H groups in total. The molecule has 0 aromatic heterocycles. The van der Waals surface area contributed by atoms with Crippen LogP contribution in [-0.2, 0) is 23.8 Å². The number of esters is 1. The lowest BCUT2D eigenvalue weighted by Crippen LogP contribution is -2.38. The molecule has 2 aliphatic heterocycles. The van der Waals surface area contributed by atoms with Crippen molar-refractivity contribution in [3.63, 3.8) is 0 Å². The number of carbonyl (C=O) groups is 1. The number of oxime groups is 1. The fraction of sp³-hybridized carbons (Fsp3) is 0.800. The van der Waals surface area contributed by atoms with Crippen molar-refractivity contribution in [1.82, 2.24) is 0 Å². The first-order valence-corrected chi connectivity index (χ1v) is 5.38. The van der Waals surface area contributed by atoms with Crippen molar-refractivity contribution in [2.45, 2.75) is 26.2 Å². The number of nitrogens with zero attached hydrogens (tertiary/aromatic N) is 1. The van der Waals surface area contributed by atoms with Crippen LogP contribution in [0.2, 0.25) is 0 Å². The second kappa shape index (κ2) is 4.80. The van der Waals surface area contributed by atoms with Crippen molar-refractivity contribution in [3.05, 3.63) is 0 Å². The topological polar surface area (TPSA) is 66.4 Å². The summed E-state index contributed by atoms with van der Waals surface area (Å²) in [6, 6.07) is 0. The zero-order chi connectivity index (χ0) is 11.5. The van der Waals surface area contributed by atoms with Crippen LogP contribution in [0.1, 0.15) is 13.8 Å². The summed E-state index contributed by atoms with van der Waals surface area (Å²) in [5, 5.41) is 3.74. The van der Waals surface area contributed by atoms with Crippen LogP contribution >= 0.6 is 0 Å². The van der Waals surface area contributed by atoms with Crippen molar-refractivity contribution in [1.29, 1.82) is 0 Å². The van der Waals surface area contributed by atoms with Crippen molar-refractivity contribution in [2.24, 2.45) is 11.1 Å². The van der Waals surface area contributed by atoms with E-state index in [-0.39, 0.29) is 17.7 Å². The molecule has 0 saturated carbocycles. The number of carbonyl (C=O) groups excluding carboxylic acids is 1. The van der Waals surface area contributed by atoms with E-state index in [4.69, 9.17) is 19.0 Å². The van der Waals surface area contributed by atoms with Crippen molar-refractivity contribution in [2.75, 3.05) is 19.8 Å². The second-order valence-electron chi connectivity index (χ2n) is 3.64. The molecular formula is C10H15NO5. The molecule has 0 radical (unpaired) electrons. The highest BCUT2D eigenvalue weighted by Crippen LogP contribution is 2.27. The zero-order valence-electron chi connectivity index (χ0n) is 9.34. The van der Waals surface area contributed by atoms with E-state index in [0.717, 1.165) is 0 Å². The molecule has 6 heteroatoms. The van der Waals surface area contributed by atoms with E-state index in [9.17, 15) is 4.79 Å². The zero-order valence-corrected chi connectivity index (χ0v) is 9.34. The first-order chi connectivity index (χ1) is 7.74. The SMILES string of the molecule is CCOC(=O)C1=NOC(C)C1C1OCCO1. The molecule has 0 bridgehead atoms. The van der Waals surface area contributed by atoms with Crippen molar-refractivity contribution < 1.29 is 23.8 Å². The highest BCUT2D eigenvalue weighted by molar-refractivity contribution is 6.37. The summed E-state index contributed by atoms with van der Waals surface area (Å²) in [6.07, 6.45) is -0.692. The van der Waals surface area contributed by atoms with Crippen LogP contribution in [0.25, 0.3) is 0 Å². The van der Waals surface area contributed by atoms with Gasteiger partial charge in [0.25, 0.3) is 0 Å². The Bertz CT molecular complexity index is 298. The Morgan fingerprint density at radius 2 is 2.19 bits per heavy atom. The molecule has 0 amide bonds. The van der Waals surface area contributed by atoms with Gasteiger partial charge in [0, 0.05) is 0 Å². The van der Waals surface area contributed by atoms with Gasteiger partial charge in [0.2, 0.25) is 0 Å². The Kier molecular flexibility index (Phi) is 3.40. The van der Waals surface area contributed by atoms with Gasteiger partial charge in [-0.05, 0) is 13.8 Å². The van der Waals surface area contributed by atoms with Crippen LogP contribution in [0, 0.1) is 5.92 Å². The summed E-state index contributed by atoms with van der Waals surface area (Å²) in [5.74, 6) is -0.766. The van der Waals surface area contributed by atoms with Gasteiger partial charge in [0.05, 0.1) is 19.8 Å². The largest absolute Gasteiger partial charge is 0.461 e. The van der Waals surface area contributed by atoms with E-state index < -0.39 is 12.3 Å². The van der Waals surface area contributed by atoms with Gasteiger partial charge in [-0.1, -0.05) is 5.16 Å². The Balaban J connectivity index is 2.08. The van der Waals surface area contributed by atoms with Crippen LogP contribution in [0.15, 0.2) is 5.16 Å². The van der Waals surface area contributed by atoms with Crippen LogP contribution in [-0.4, -0.2) is 43.9 Å². The third-order valence-electron chi connectivity index (χ3n) is 2.56. The number of ether oxygens (including phenoxy) is 3. The van der Waals surface area contributed by atoms with E-state index in [1.807, 2.05) is 6.92 Å². The van der Waals surface area contributed by atoms with Gasteiger partial charge < -0.3 is 19.0 Å². The third-order valence-corrected chi connectivity index (χ3v) is 2.56. The monoisotopic (exact) mass is 229 g/mol. The maximum Gasteiger partial charge on any atom is 0.356 e. The fourth-order valence-corrected chi connectivity index (χ4v) is 1.80. The van der Waals surface area contributed by atoms with Gasteiger partial charge in [0.15, 0.2) is 12.0 Å². The Labute approximate surface area is 93.5 Å². The van der Waals surface area contributed by atoms with Gasteiger partial charge in [-0.15, -0.1) is 0 Å². The molecule has 0 aromatic carbocycles. The number of rotatable bonds is 3. The summed E-state index contributed by atoms with van der Waals surface area (Å²) in [5.41, 5.74) is 0.251. The molecule has 0 spiro atoms. The lowest BCUT2D eigenvalue weighted by Gasteiger charge is -2.19. The van der Waals surface area contributed by atoms with Crippen LogP contribution in [0.4, 0.5) is 0 Å². The average molecular weight is 229 g/mol. The maximum absolute atomic E-state index is 11.6. The molecule has 2 atom stereocenters. The Morgan fingerprint density at radius 1 is 1.50 bits per heavy atom. The lowest BCUT2D eigenvalue weighted by atomic mass is 9.98. The molecular weight excluding hydrogens is 214 g/mol. The summed E-state index contributed by atoms with van der Waals surface area (Å²) >= 11 is 0. The molecule has 6 nitrogen and oxygen atoms in total. The quantitative estimate of drug-likeness (QED) is 0.652. The predicted molar refractivity (Wildman–Crippen MR) is 53.8 cm³/mol. The summed E-state index contributed by atoms with van der Waals surface area (Å²) in [6.45, 7) is 4.94. The molecule has 90 valence electrons. The second-order valence-corrected chi connectivity index (χ2v) is 3.64. The maximum atomic E-state index is 11.6. The van der Waals surface area contributed by atoms with Crippen LogP contribution in [0.3, 0.4) is 0 Å². The van der Waals surface area contributed by atoms with Gasteiger partial charge in [-0.2, -0.15) is 0 Å². The average Bonchev–Trinajstić information content (AvgIpc) is 2.86. The van der Waals surface area contributed by atoms with Gasteiger partial charge >= 0.3 is 5.97 Å². The van der Waals surface area contributed by atoms with E-state index in [1.54, 1.807) is 6.92 Å². The third kappa shape index (κ3) is 2.03. The molecule has 0 aromatic rings. The number of hydrogen-bond donors (Lipinski definition) is 0. The van der Waals surface area contributed by atoms with Gasteiger partial charge in [0.1, 0.15) is 12.0 Å².